The molecule has 10 heteroatoms. The summed E-state index contributed by atoms with van der Waals surface area (Å²) < 4.78 is 28.5. The van der Waals surface area contributed by atoms with E-state index in [0.29, 0.717) is 15.1 Å². The first-order chi connectivity index (χ1) is 12.3. The Morgan fingerprint density at radius 3 is 2.42 bits per heavy atom. The molecule has 0 atom stereocenters. The van der Waals surface area contributed by atoms with Crippen LogP contribution in [0.5, 0.6) is 0 Å². The van der Waals surface area contributed by atoms with E-state index in [0.717, 1.165) is 16.9 Å². The zero-order chi connectivity index (χ0) is 18.7. The number of nitrogens with zero attached hydrogens (tertiary/aromatic N) is 2. The molecule has 0 aliphatic heterocycles. The van der Waals surface area contributed by atoms with Crippen molar-refractivity contribution in [2.45, 2.75) is 10.8 Å². The Balaban J connectivity index is 1.73. The molecule has 0 amide bonds. The molecule has 0 aliphatic carbocycles. The van der Waals surface area contributed by atoms with Gasteiger partial charge in [0.25, 0.3) is 5.56 Å². The van der Waals surface area contributed by atoms with Gasteiger partial charge in [-0.3, -0.25) is 4.79 Å². The molecule has 2 aromatic heterocycles. The van der Waals surface area contributed by atoms with Crippen LogP contribution in [-0.2, 0) is 16.6 Å². The zero-order valence-electron chi connectivity index (χ0n) is 13.2. The van der Waals surface area contributed by atoms with Crippen LogP contribution < -0.4 is 10.3 Å². The number of rotatable bonds is 6. The molecule has 136 valence electrons. The molecule has 0 fully saturated rings. The predicted molar refractivity (Wildman–Crippen MR) is 103 cm³/mol. The maximum atomic E-state index is 12.2. The molecule has 0 radical (unpaired) electrons. The number of nitrogens with one attached hydrogen (secondary N) is 1. The van der Waals surface area contributed by atoms with Crippen LogP contribution >= 0.6 is 34.5 Å². The van der Waals surface area contributed by atoms with Crippen molar-refractivity contribution in [3.63, 3.8) is 0 Å². The topological polar surface area (TPSA) is 81.1 Å². The number of aromatic nitrogens is 2. The second-order valence-corrected chi connectivity index (χ2v) is 9.39. The van der Waals surface area contributed by atoms with E-state index in [4.69, 9.17) is 23.2 Å². The summed E-state index contributed by atoms with van der Waals surface area (Å²) in [5, 5.41) is 4.88. The molecule has 0 saturated carbocycles. The van der Waals surface area contributed by atoms with Crippen molar-refractivity contribution in [3.05, 3.63) is 68.2 Å². The van der Waals surface area contributed by atoms with Crippen LogP contribution in [0.3, 0.4) is 0 Å². The highest BCUT2D eigenvalue weighted by molar-refractivity contribution is 7.91. The summed E-state index contributed by atoms with van der Waals surface area (Å²) in [4.78, 5) is 12.0. The standard InChI is InChI=1S/C16H13Cl2N3O3S2/c17-12-3-1-11(2-4-12)13-5-7-15(22)21(20-13)10-9-19-26(23,24)16-8-6-14(18)25-16/h1-8,19H,9-10H2. The van der Waals surface area contributed by atoms with Gasteiger partial charge in [-0.25, -0.2) is 17.8 Å². The molecule has 0 bridgehead atoms. The van der Waals surface area contributed by atoms with Gasteiger partial charge in [-0.1, -0.05) is 35.3 Å². The van der Waals surface area contributed by atoms with Gasteiger partial charge in [-0.05, 0) is 30.3 Å². The van der Waals surface area contributed by atoms with E-state index >= 15 is 0 Å². The number of hydrogen-bond donors (Lipinski definition) is 1. The van der Waals surface area contributed by atoms with Gasteiger partial charge >= 0.3 is 0 Å². The summed E-state index contributed by atoms with van der Waals surface area (Å²) in [7, 11) is -3.66. The fourth-order valence-electron chi connectivity index (χ4n) is 2.18. The van der Waals surface area contributed by atoms with Gasteiger partial charge in [-0.15, -0.1) is 11.3 Å². The van der Waals surface area contributed by atoms with Crippen molar-refractivity contribution < 1.29 is 8.42 Å². The van der Waals surface area contributed by atoms with Crippen LogP contribution in [0.4, 0.5) is 0 Å². The summed E-state index contributed by atoms with van der Waals surface area (Å²) >= 11 is 12.6. The average molecular weight is 430 g/mol. The highest BCUT2D eigenvalue weighted by Crippen LogP contribution is 2.25. The Labute approximate surface area is 164 Å². The molecule has 0 aliphatic rings. The quantitative estimate of drug-likeness (QED) is 0.651. The van der Waals surface area contributed by atoms with Gasteiger partial charge in [-0.2, -0.15) is 5.10 Å². The van der Waals surface area contributed by atoms with Crippen molar-refractivity contribution in [3.8, 4) is 11.3 Å². The largest absolute Gasteiger partial charge is 0.268 e. The summed E-state index contributed by atoms with van der Waals surface area (Å²) in [6, 6.07) is 13.0. The number of thiophene rings is 1. The minimum Gasteiger partial charge on any atom is -0.268 e. The fourth-order valence-corrected chi connectivity index (χ4v) is 4.86. The fraction of sp³-hybridized carbons (Fsp3) is 0.125. The summed E-state index contributed by atoms with van der Waals surface area (Å²) in [6.07, 6.45) is 0. The molecule has 1 N–H and O–H groups in total. The van der Waals surface area contributed by atoms with Crippen LogP contribution in [0.25, 0.3) is 11.3 Å². The van der Waals surface area contributed by atoms with Gasteiger partial charge < -0.3 is 0 Å². The Bertz CT molecular complexity index is 1080. The number of benzene rings is 1. The molecule has 26 heavy (non-hydrogen) atoms. The minimum atomic E-state index is -3.66. The van der Waals surface area contributed by atoms with Crippen LogP contribution in [0, 0.1) is 0 Å². The van der Waals surface area contributed by atoms with Crippen molar-refractivity contribution >= 4 is 44.6 Å². The van der Waals surface area contributed by atoms with Crippen molar-refractivity contribution in [2.75, 3.05) is 6.54 Å². The molecule has 1 aromatic carbocycles. The maximum Gasteiger partial charge on any atom is 0.266 e. The molecule has 6 nitrogen and oxygen atoms in total. The molecule has 0 spiro atoms. The second-order valence-electron chi connectivity index (χ2n) is 5.24. The Morgan fingerprint density at radius 1 is 1.04 bits per heavy atom. The first-order valence-electron chi connectivity index (χ1n) is 7.44. The van der Waals surface area contributed by atoms with Crippen molar-refractivity contribution in [1.82, 2.24) is 14.5 Å². The van der Waals surface area contributed by atoms with Crippen LogP contribution in [0.1, 0.15) is 0 Å². The SMILES string of the molecule is O=c1ccc(-c2ccc(Cl)cc2)nn1CCNS(=O)(=O)c1ccc(Cl)s1. The second kappa shape index (κ2) is 7.89. The maximum absolute atomic E-state index is 12.2. The van der Waals surface area contributed by atoms with E-state index in [1.165, 1.54) is 22.9 Å². The normalized spacial score (nSPS) is 11.6. The zero-order valence-corrected chi connectivity index (χ0v) is 16.4. The lowest BCUT2D eigenvalue weighted by molar-refractivity contribution is 0.550. The lowest BCUT2D eigenvalue weighted by Crippen LogP contribution is -2.31. The summed E-state index contributed by atoms with van der Waals surface area (Å²) in [6.45, 7) is 0.118. The van der Waals surface area contributed by atoms with Gasteiger partial charge in [0.15, 0.2) is 0 Å². The Morgan fingerprint density at radius 2 is 1.77 bits per heavy atom. The van der Waals surface area contributed by atoms with E-state index in [2.05, 4.69) is 9.82 Å². The van der Waals surface area contributed by atoms with E-state index < -0.39 is 10.0 Å². The van der Waals surface area contributed by atoms with Gasteiger partial charge in [0.2, 0.25) is 10.0 Å². The third kappa shape index (κ3) is 4.52. The molecule has 0 unspecified atom stereocenters. The Kier molecular flexibility index (Phi) is 5.79. The third-order valence-corrected chi connectivity index (χ3v) is 6.87. The van der Waals surface area contributed by atoms with E-state index in [-0.39, 0.29) is 22.9 Å². The molecule has 3 aromatic rings. The summed E-state index contributed by atoms with van der Waals surface area (Å²) in [5.74, 6) is 0. The van der Waals surface area contributed by atoms with Gasteiger partial charge in [0.05, 0.1) is 16.6 Å². The highest BCUT2D eigenvalue weighted by atomic mass is 35.5. The van der Waals surface area contributed by atoms with E-state index in [1.54, 1.807) is 30.3 Å². The number of hydrogen-bond acceptors (Lipinski definition) is 5. The molecular formula is C16H13Cl2N3O3S2. The molecule has 3 rings (SSSR count). The van der Waals surface area contributed by atoms with E-state index in [1.807, 2.05) is 0 Å². The van der Waals surface area contributed by atoms with Crippen LogP contribution in [0.2, 0.25) is 9.36 Å². The smallest absolute Gasteiger partial charge is 0.266 e. The molecule has 2 heterocycles. The predicted octanol–water partition coefficient (Wildman–Crippen LogP) is 3.26. The van der Waals surface area contributed by atoms with Gasteiger partial charge in [0, 0.05) is 23.2 Å². The van der Waals surface area contributed by atoms with Crippen molar-refractivity contribution in [2.24, 2.45) is 0 Å². The summed E-state index contributed by atoms with van der Waals surface area (Å²) in [5.41, 5.74) is 1.08. The minimum absolute atomic E-state index is 0.0226. The monoisotopic (exact) mass is 429 g/mol. The third-order valence-electron chi connectivity index (χ3n) is 3.44. The first-order valence-corrected chi connectivity index (χ1v) is 10.5. The number of sulfonamides is 1. The molecular weight excluding hydrogens is 417 g/mol. The molecule has 0 saturated heterocycles. The van der Waals surface area contributed by atoms with Crippen LogP contribution in [-0.4, -0.2) is 24.7 Å². The van der Waals surface area contributed by atoms with Gasteiger partial charge in [0.1, 0.15) is 4.21 Å². The highest BCUT2D eigenvalue weighted by Gasteiger charge is 2.16. The van der Waals surface area contributed by atoms with Crippen LogP contribution in [0.15, 0.2) is 57.5 Å². The Hall–Kier alpha value is -1.71. The lowest BCUT2D eigenvalue weighted by atomic mass is 10.1. The lowest BCUT2D eigenvalue weighted by Gasteiger charge is -2.08. The number of halogens is 2. The van der Waals surface area contributed by atoms with Crippen molar-refractivity contribution in [1.29, 1.82) is 0 Å². The first kappa shape index (κ1) is 19.1. The average Bonchev–Trinajstić information content (AvgIpc) is 3.05. The van der Waals surface area contributed by atoms with E-state index in [9.17, 15) is 13.2 Å².